The molecule has 0 bridgehead atoms. The average molecular weight is 313 g/mol. The molecule has 4 nitrogen and oxygen atoms in total. The summed E-state index contributed by atoms with van der Waals surface area (Å²) in [5, 5.41) is 11.9. The van der Waals surface area contributed by atoms with Crippen molar-refractivity contribution in [2.45, 2.75) is 26.4 Å². The fourth-order valence-corrected chi connectivity index (χ4v) is 2.05. The van der Waals surface area contributed by atoms with Crippen molar-refractivity contribution < 1.29 is 9.47 Å². The third kappa shape index (κ3) is 4.21. The monoisotopic (exact) mass is 312 g/mol. The molecule has 0 radical (unpaired) electrons. The van der Waals surface area contributed by atoms with E-state index >= 15 is 0 Å². The van der Waals surface area contributed by atoms with Gasteiger partial charge in [-0.3, -0.25) is 0 Å². The molecule has 0 atom stereocenters. The molecule has 0 fully saturated rings. The van der Waals surface area contributed by atoms with Crippen LogP contribution in [0.25, 0.3) is 0 Å². The zero-order chi connectivity index (χ0) is 13.5. The fourth-order valence-electron chi connectivity index (χ4n) is 1.44. The molecule has 1 rings (SSSR count). The Morgan fingerprint density at radius 3 is 2.72 bits per heavy atom. The summed E-state index contributed by atoms with van der Waals surface area (Å²) in [6.45, 7) is 4.94. The van der Waals surface area contributed by atoms with Crippen molar-refractivity contribution in [3.05, 3.63) is 22.2 Å². The molecular formula is C13H17BrN2O2. The lowest BCUT2D eigenvalue weighted by atomic mass is 10.2. The third-order valence-electron chi connectivity index (χ3n) is 2.28. The molecule has 0 saturated heterocycles. The number of nitrogens with one attached hydrogen (secondary N) is 1. The van der Waals surface area contributed by atoms with Crippen LogP contribution in [-0.2, 0) is 6.54 Å². The Morgan fingerprint density at radius 2 is 2.17 bits per heavy atom. The molecular weight excluding hydrogens is 296 g/mol. The first-order valence-electron chi connectivity index (χ1n) is 5.68. The lowest BCUT2D eigenvalue weighted by Gasteiger charge is -2.14. The van der Waals surface area contributed by atoms with Crippen LogP contribution in [0.1, 0.15) is 19.4 Å². The van der Waals surface area contributed by atoms with Gasteiger partial charge in [-0.15, -0.1) is 0 Å². The maximum absolute atomic E-state index is 8.54. The molecule has 0 aromatic heterocycles. The summed E-state index contributed by atoms with van der Waals surface area (Å²) >= 11 is 3.43. The molecule has 0 aliphatic carbocycles. The number of methoxy groups -OCH3 is 1. The molecule has 18 heavy (non-hydrogen) atoms. The molecule has 0 unspecified atom stereocenters. The Hall–Kier alpha value is -1.25. The van der Waals surface area contributed by atoms with Crippen molar-refractivity contribution in [3.63, 3.8) is 0 Å². The second-order valence-electron chi connectivity index (χ2n) is 4.09. The predicted octanol–water partition coefficient (Wildman–Crippen LogP) is 2.86. The molecule has 0 aliphatic heterocycles. The van der Waals surface area contributed by atoms with Crippen LogP contribution in [-0.4, -0.2) is 19.8 Å². The van der Waals surface area contributed by atoms with E-state index in [1.165, 1.54) is 0 Å². The molecule has 5 heteroatoms. The number of ether oxygens (including phenoxy) is 2. The van der Waals surface area contributed by atoms with Gasteiger partial charge in [0.25, 0.3) is 0 Å². The van der Waals surface area contributed by atoms with Crippen LogP contribution >= 0.6 is 15.9 Å². The first kappa shape index (κ1) is 14.8. The highest BCUT2D eigenvalue weighted by Crippen LogP contribution is 2.36. The van der Waals surface area contributed by atoms with Crippen LogP contribution in [0.4, 0.5) is 0 Å². The number of rotatable bonds is 6. The number of benzene rings is 1. The minimum Gasteiger partial charge on any atom is -0.493 e. The van der Waals surface area contributed by atoms with Gasteiger partial charge in [0, 0.05) is 12.6 Å². The number of hydrogen-bond acceptors (Lipinski definition) is 4. The first-order chi connectivity index (χ1) is 8.58. The SMILES string of the molecule is COc1cc(CNC(C)C)cc(Br)c1OCC#N. The molecule has 98 valence electrons. The standard InChI is InChI=1S/C13H17BrN2O2/c1-9(2)16-8-10-6-11(14)13(18-5-4-15)12(7-10)17-3/h6-7,9,16H,5,8H2,1-3H3. The van der Waals surface area contributed by atoms with Crippen LogP contribution in [0.15, 0.2) is 16.6 Å². The van der Waals surface area contributed by atoms with Gasteiger partial charge in [0.05, 0.1) is 11.6 Å². The second-order valence-corrected chi connectivity index (χ2v) is 4.95. The van der Waals surface area contributed by atoms with Crippen molar-refractivity contribution in [3.8, 4) is 17.6 Å². The van der Waals surface area contributed by atoms with E-state index in [0.29, 0.717) is 17.5 Å². The smallest absolute Gasteiger partial charge is 0.176 e. The molecule has 0 saturated carbocycles. The summed E-state index contributed by atoms with van der Waals surface area (Å²) in [5.74, 6) is 1.19. The fraction of sp³-hybridized carbons (Fsp3) is 0.462. The van der Waals surface area contributed by atoms with Crippen molar-refractivity contribution in [1.82, 2.24) is 5.32 Å². The summed E-state index contributed by atoms with van der Waals surface area (Å²) in [6, 6.07) is 6.23. The van der Waals surface area contributed by atoms with E-state index in [1.54, 1.807) is 7.11 Å². The highest BCUT2D eigenvalue weighted by atomic mass is 79.9. The molecule has 0 spiro atoms. The van der Waals surface area contributed by atoms with Crippen molar-refractivity contribution in [2.24, 2.45) is 0 Å². The van der Waals surface area contributed by atoms with Gasteiger partial charge in [-0.05, 0) is 33.6 Å². The van der Waals surface area contributed by atoms with Gasteiger partial charge in [0.15, 0.2) is 18.1 Å². The first-order valence-corrected chi connectivity index (χ1v) is 6.47. The van der Waals surface area contributed by atoms with E-state index < -0.39 is 0 Å². The summed E-state index contributed by atoms with van der Waals surface area (Å²) < 4.78 is 11.4. The Balaban J connectivity index is 2.92. The molecule has 0 amide bonds. The van der Waals surface area contributed by atoms with Gasteiger partial charge in [-0.1, -0.05) is 13.8 Å². The molecule has 1 aromatic rings. The van der Waals surface area contributed by atoms with E-state index in [2.05, 4.69) is 35.1 Å². The van der Waals surface area contributed by atoms with Crippen LogP contribution in [0.3, 0.4) is 0 Å². The van der Waals surface area contributed by atoms with Crippen molar-refractivity contribution in [2.75, 3.05) is 13.7 Å². The minimum absolute atomic E-state index is 0.00144. The summed E-state index contributed by atoms with van der Waals surface area (Å²) in [6.07, 6.45) is 0. The Morgan fingerprint density at radius 1 is 1.44 bits per heavy atom. The molecule has 0 aliphatic rings. The lowest BCUT2D eigenvalue weighted by molar-refractivity contribution is 0.327. The van der Waals surface area contributed by atoms with Gasteiger partial charge >= 0.3 is 0 Å². The van der Waals surface area contributed by atoms with Crippen LogP contribution < -0.4 is 14.8 Å². The number of halogens is 1. The highest BCUT2D eigenvalue weighted by molar-refractivity contribution is 9.10. The summed E-state index contributed by atoms with van der Waals surface area (Å²) in [5.41, 5.74) is 1.09. The van der Waals surface area contributed by atoms with E-state index in [1.807, 2.05) is 18.2 Å². The largest absolute Gasteiger partial charge is 0.493 e. The normalized spacial score (nSPS) is 10.2. The molecule has 1 aromatic carbocycles. The maximum Gasteiger partial charge on any atom is 0.176 e. The van der Waals surface area contributed by atoms with Gasteiger partial charge < -0.3 is 14.8 Å². The Bertz CT molecular complexity index is 441. The van der Waals surface area contributed by atoms with E-state index in [-0.39, 0.29) is 6.61 Å². The second kappa shape index (κ2) is 7.24. The zero-order valence-corrected chi connectivity index (χ0v) is 12.4. The predicted molar refractivity (Wildman–Crippen MR) is 73.8 cm³/mol. The van der Waals surface area contributed by atoms with Crippen LogP contribution in [0.5, 0.6) is 11.5 Å². The van der Waals surface area contributed by atoms with Gasteiger partial charge in [-0.2, -0.15) is 5.26 Å². The van der Waals surface area contributed by atoms with E-state index in [9.17, 15) is 0 Å². The number of nitriles is 1. The van der Waals surface area contributed by atoms with E-state index in [0.717, 1.165) is 16.6 Å². The van der Waals surface area contributed by atoms with Crippen molar-refractivity contribution in [1.29, 1.82) is 5.26 Å². The number of hydrogen-bond donors (Lipinski definition) is 1. The van der Waals surface area contributed by atoms with Gasteiger partial charge in [0.1, 0.15) is 6.07 Å². The van der Waals surface area contributed by atoms with Gasteiger partial charge in [-0.25, -0.2) is 0 Å². The minimum atomic E-state index is -0.00144. The van der Waals surface area contributed by atoms with Crippen LogP contribution in [0, 0.1) is 11.3 Å². The molecule has 1 N–H and O–H groups in total. The molecule has 0 heterocycles. The summed E-state index contributed by atoms with van der Waals surface area (Å²) in [4.78, 5) is 0. The van der Waals surface area contributed by atoms with E-state index in [4.69, 9.17) is 14.7 Å². The Labute approximate surface area is 116 Å². The lowest BCUT2D eigenvalue weighted by Crippen LogP contribution is -2.21. The summed E-state index contributed by atoms with van der Waals surface area (Å²) in [7, 11) is 1.58. The third-order valence-corrected chi connectivity index (χ3v) is 2.87. The Kier molecular flexibility index (Phi) is 5.96. The number of nitrogens with zero attached hydrogens (tertiary/aromatic N) is 1. The van der Waals surface area contributed by atoms with Crippen LogP contribution in [0.2, 0.25) is 0 Å². The topological polar surface area (TPSA) is 54.3 Å². The van der Waals surface area contributed by atoms with Gasteiger partial charge in [0.2, 0.25) is 0 Å². The maximum atomic E-state index is 8.54. The van der Waals surface area contributed by atoms with Crippen molar-refractivity contribution >= 4 is 15.9 Å². The quantitative estimate of drug-likeness (QED) is 0.877. The average Bonchev–Trinajstić information content (AvgIpc) is 2.34. The zero-order valence-electron chi connectivity index (χ0n) is 10.8. The highest BCUT2D eigenvalue weighted by Gasteiger charge is 2.11.